The molecule has 2 nitrogen and oxygen atoms in total. The molecule has 0 saturated carbocycles. The zero-order valence-corrected chi connectivity index (χ0v) is 18.0. The Morgan fingerprint density at radius 1 is 0.762 bits per heavy atom. The van der Waals surface area contributed by atoms with Crippen LogP contribution in [-0.2, 0) is 14.7 Å². The molecule has 0 radical (unpaired) electrons. The molecule has 21 heavy (non-hydrogen) atoms. The van der Waals surface area contributed by atoms with Crippen molar-refractivity contribution < 1.29 is 8.23 Å². The Balaban J connectivity index is 2.79. The number of benzene rings is 1. The average molecular weight is 341 g/mol. The third-order valence-electron chi connectivity index (χ3n) is 3.03. The topological polar surface area (TPSA) is 18.5 Å². The van der Waals surface area contributed by atoms with Gasteiger partial charge in [0.25, 0.3) is 0 Å². The molecule has 0 atom stereocenters. The Hall–Kier alpha value is -0.209. The average Bonchev–Trinajstić information content (AvgIpc) is 2.23. The van der Waals surface area contributed by atoms with Gasteiger partial charge >= 0.3 is 8.56 Å². The molecule has 0 spiro atoms. The highest BCUT2D eigenvalue weighted by Gasteiger charge is 2.39. The van der Waals surface area contributed by atoms with E-state index in [-0.39, 0.29) is 0 Å². The quantitative estimate of drug-likeness (QED) is 0.626. The van der Waals surface area contributed by atoms with E-state index in [1.165, 1.54) is 11.1 Å². The van der Waals surface area contributed by atoms with Gasteiger partial charge in [-0.2, -0.15) is 0 Å². The second-order valence-corrected chi connectivity index (χ2v) is 20.9. The number of aryl methyl sites for hydroxylation is 2. The van der Waals surface area contributed by atoms with E-state index in [1.54, 1.807) is 0 Å². The van der Waals surface area contributed by atoms with E-state index in [0.717, 1.165) is 12.5 Å². The normalized spacial score (nSPS) is 13.5. The molecule has 0 fully saturated rings. The van der Waals surface area contributed by atoms with Crippen LogP contribution in [0.15, 0.2) is 24.3 Å². The van der Waals surface area contributed by atoms with Crippen LogP contribution in [-0.4, -0.2) is 25.2 Å². The van der Waals surface area contributed by atoms with Gasteiger partial charge in [-0.3, -0.25) is 0 Å². The predicted octanol–water partition coefficient (Wildman–Crippen LogP) is 5.31. The molecule has 1 rings (SSSR count). The van der Waals surface area contributed by atoms with Gasteiger partial charge in [-0.15, -0.1) is 0 Å². The van der Waals surface area contributed by atoms with Crippen LogP contribution in [0.4, 0.5) is 0 Å². The molecule has 1 aromatic carbocycles. The highest BCUT2D eigenvalue weighted by molar-refractivity contribution is 6.87. The van der Waals surface area contributed by atoms with E-state index in [1.807, 2.05) is 0 Å². The molecule has 0 bridgehead atoms. The van der Waals surface area contributed by atoms with Gasteiger partial charge in [0.15, 0.2) is 16.6 Å². The summed E-state index contributed by atoms with van der Waals surface area (Å²) in [5.74, 6) is 0. The molecule has 0 heterocycles. The van der Waals surface area contributed by atoms with Crippen molar-refractivity contribution in [2.24, 2.45) is 0 Å². The SMILES string of the molecule is Cc1ccc(CC[Si](C)(O[Si](C)(C)C)O[Si](C)(C)C)cc1. The molecule has 0 aliphatic heterocycles. The smallest absolute Gasteiger partial charge is 0.314 e. The van der Waals surface area contributed by atoms with E-state index in [9.17, 15) is 0 Å². The predicted molar refractivity (Wildman–Crippen MR) is 100 cm³/mol. The van der Waals surface area contributed by atoms with Crippen LogP contribution in [0.2, 0.25) is 51.9 Å². The van der Waals surface area contributed by atoms with Gasteiger partial charge in [0.05, 0.1) is 0 Å². The van der Waals surface area contributed by atoms with Crippen molar-refractivity contribution in [2.45, 2.75) is 65.2 Å². The lowest BCUT2D eigenvalue weighted by atomic mass is 10.1. The zero-order valence-electron chi connectivity index (χ0n) is 15.0. The van der Waals surface area contributed by atoms with Crippen molar-refractivity contribution in [3.8, 4) is 0 Å². The summed E-state index contributed by atoms with van der Waals surface area (Å²) < 4.78 is 13.1. The molecule has 0 saturated heterocycles. The maximum absolute atomic E-state index is 6.54. The van der Waals surface area contributed by atoms with E-state index < -0.39 is 25.2 Å². The molecule has 0 aliphatic rings. The second kappa shape index (κ2) is 6.91. The minimum absolute atomic E-state index is 1.05. The summed E-state index contributed by atoms with van der Waals surface area (Å²) in [6, 6.07) is 9.88. The highest BCUT2D eigenvalue weighted by atomic mass is 28.5. The summed E-state index contributed by atoms with van der Waals surface area (Å²) >= 11 is 0. The first-order valence-corrected chi connectivity index (χ1v) is 17.2. The van der Waals surface area contributed by atoms with E-state index in [4.69, 9.17) is 8.23 Å². The standard InChI is InChI=1S/C16H32O2Si3/c1-15-9-11-16(12-10-15)13-14-21(8,17-19(2,3)4)18-20(5,6)7/h9-12H,13-14H2,1-8H3. The first-order valence-electron chi connectivity index (χ1n) is 7.84. The van der Waals surface area contributed by atoms with E-state index in [0.29, 0.717) is 0 Å². The van der Waals surface area contributed by atoms with Crippen LogP contribution in [0, 0.1) is 6.92 Å². The summed E-state index contributed by atoms with van der Waals surface area (Å²) in [5, 5.41) is 0. The largest absolute Gasteiger partial charge is 0.437 e. The highest BCUT2D eigenvalue weighted by Crippen LogP contribution is 2.25. The van der Waals surface area contributed by atoms with Gasteiger partial charge in [0.2, 0.25) is 0 Å². The summed E-state index contributed by atoms with van der Waals surface area (Å²) in [6.07, 6.45) is 1.05. The Morgan fingerprint density at radius 2 is 1.19 bits per heavy atom. The van der Waals surface area contributed by atoms with Gasteiger partial charge in [-0.25, -0.2) is 0 Å². The van der Waals surface area contributed by atoms with Crippen molar-refractivity contribution >= 4 is 25.2 Å². The fraction of sp³-hybridized carbons (Fsp3) is 0.625. The van der Waals surface area contributed by atoms with Gasteiger partial charge in [-0.1, -0.05) is 29.8 Å². The second-order valence-electron chi connectivity index (χ2n) is 8.05. The van der Waals surface area contributed by atoms with E-state index >= 15 is 0 Å². The molecule has 0 unspecified atom stereocenters. The summed E-state index contributed by atoms with van der Waals surface area (Å²) in [6.45, 7) is 18.0. The van der Waals surface area contributed by atoms with Crippen molar-refractivity contribution in [1.82, 2.24) is 0 Å². The van der Waals surface area contributed by atoms with E-state index in [2.05, 4.69) is 77.0 Å². The Labute approximate surface area is 134 Å². The molecular weight excluding hydrogens is 308 g/mol. The van der Waals surface area contributed by atoms with Crippen LogP contribution in [0.5, 0.6) is 0 Å². The molecular formula is C16H32O2Si3. The van der Waals surface area contributed by atoms with Crippen molar-refractivity contribution in [1.29, 1.82) is 0 Å². The van der Waals surface area contributed by atoms with Crippen LogP contribution in [0.1, 0.15) is 11.1 Å². The summed E-state index contributed by atoms with van der Waals surface area (Å²) in [5.41, 5.74) is 2.70. The number of rotatable bonds is 7. The third kappa shape index (κ3) is 8.11. The molecule has 1 aromatic rings. The minimum Gasteiger partial charge on any atom is -0.437 e. The first-order chi connectivity index (χ1) is 9.39. The lowest BCUT2D eigenvalue weighted by Gasteiger charge is -2.38. The summed E-state index contributed by atoms with van der Waals surface area (Å²) in [7, 11) is -5.25. The molecule has 5 heteroatoms. The monoisotopic (exact) mass is 340 g/mol. The molecule has 0 amide bonds. The lowest BCUT2D eigenvalue weighted by Crippen LogP contribution is -2.52. The van der Waals surface area contributed by atoms with Gasteiger partial charge in [0.1, 0.15) is 0 Å². The Kier molecular flexibility index (Phi) is 6.20. The number of hydrogen-bond acceptors (Lipinski definition) is 2. The summed E-state index contributed by atoms with van der Waals surface area (Å²) in [4.78, 5) is 0. The maximum Gasteiger partial charge on any atom is 0.314 e. The maximum atomic E-state index is 6.54. The Bertz CT molecular complexity index is 428. The van der Waals surface area contributed by atoms with Crippen LogP contribution < -0.4 is 0 Å². The van der Waals surface area contributed by atoms with Crippen LogP contribution in [0.3, 0.4) is 0 Å². The minimum atomic E-state index is -2.09. The molecule has 120 valence electrons. The lowest BCUT2D eigenvalue weighted by molar-refractivity contribution is 0.383. The van der Waals surface area contributed by atoms with Gasteiger partial charge in [0, 0.05) is 0 Å². The number of hydrogen-bond donors (Lipinski definition) is 0. The fourth-order valence-electron chi connectivity index (χ4n) is 2.54. The van der Waals surface area contributed by atoms with Crippen LogP contribution >= 0.6 is 0 Å². The Morgan fingerprint density at radius 3 is 1.57 bits per heavy atom. The molecule has 0 aliphatic carbocycles. The van der Waals surface area contributed by atoms with Crippen molar-refractivity contribution in [3.63, 3.8) is 0 Å². The first kappa shape index (κ1) is 18.8. The van der Waals surface area contributed by atoms with Crippen LogP contribution in [0.25, 0.3) is 0 Å². The van der Waals surface area contributed by atoms with Crippen molar-refractivity contribution in [3.05, 3.63) is 35.4 Å². The van der Waals surface area contributed by atoms with Crippen molar-refractivity contribution in [2.75, 3.05) is 0 Å². The third-order valence-corrected chi connectivity index (χ3v) is 12.5. The molecule has 0 aromatic heterocycles. The fourth-order valence-corrected chi connectivity index (χ4v) is 15.0. The van der Waals surface area contributed by atoms with Gasteiger partial charge < -0.3 is 8.23 Å². The zero-order chi connectivity index (χ0) is 16.3. The van der Waals surface area contributed by atoms with Gasteiger partial charge in [-0.05, 0) is 70.8 Å². The molecule has 0 N–H and O–H groups in total.